The van der Waals surface area contributed by atoms with Gasteiger partial charge in [-0.1, -0.05) is 24.3 Å². The summed E-state index contributed by atoms with van der Waals surface area (Å²) in [6.07, 6.45) is 5.49. The number of benzene rings is 1. The van der Waals surface area contributed by atoms with E-state index in [-0.39, 0.29) is 0 Å². The van der Waals surface area contributed by atoms with E-state index in [0.29, 0.717) is 12.1 Å². The first-order chi connectivity index (χ1) is 10.3. The smallest absolute Gasteiger partial charge is 0.0734 e. The van der Waals surface area contributed by atoms with Gasteiger partial charge in [0.15, 0.2) is 0 Å². The van der Waals surface area contributed by atoms with Crippen LogP contribution >= 0.6 is 0 Å². The van der Waals surface area contributed by atoms with Crippen LogP contribution in [0.3, 0.4) is 0 Å². The molecule has 21 heavy (non-hydrogen) atoms. The summed E-state index contributed by atoms with van der Waals surface area (Å²) in [6, 6.07) is 12.0. The van der Waals surface area contributed by atoms with Gasteiger partial charge in [-0.3, -0.25) is 4.98 Å². The third kappa shape index (κ3) is 3.25. The van der Waals surface area contributed by atoms with E-state index in [4.69, 9.17) is 0 Å². The monoisotopic (exact) mass is 283 g/mol. The van der Waals surface area contributed by atoms with Crippen LogP contribution in [0.5, 0.6) is 0 Å². The molecular weight excluding hydrogens is 258 g/mol. The van der Waals surface area contributed by atoms with E-state index in [2.05, 4.69) is 53.4 Å². The molecule has 1 aromatic heterocycles. The van der Waals surface area contributed by atoms with Crippen LogP contribution in [0, 0.1) is 0 Å². The molecule has 1 fully saturated rings. The highest BCUT2D eigenvalue weighted by molar-refractivity contribution is 5.81. The van der Waals surface area contributed by atoms with Gasteiger partial charge in [0, 0.05) is 30.2 Å². The summed E-state index contributed by atoms with van der Waals surface area (Å²) in [7, 11) is 2.08. The van der Waals surface area contributed by atoms with Gasteiger partial charge in [-0.05, 0) is 51.4 Å². The van der Waals surface area contributed by atoms with Gasteiger partial charge in [-0.25, -0.2) is 0 Å². The molecule has 0 aliphatic carbocycles. The van der Waals surface area contributed by atoms with Crippen molar-refractivity contribution in [2.24, 2.45) is 0 Å². The molecule has 1 aliphatic rings. The molecule has 1 saturated heterocycles. The number of pyridine rings is 1. The molecule has 3 rings (SSSR count). The molecule has 3 heteroatoms. The number of likely N-dealkylation sites (tertiary alicyclic amines) is 1. The Morgan fingerprint density at radius 2 is 2.14 bits per heavy atom. The quantitative estimate of drug-likeness (QED) is 0.935. The lowest BCUT2D eigenvalue weighted by Gasteiger charge is -2.37. The minimum Gasteiger partial charge on any atom is -0.317 e. The van der Waals surface area contributed by atoms with Gasteiger partial charge in [0.2, 0.25) is 0 Å². The van der Waals surface area contributed by atoms with Crippen molar-refractivity contribution in [1.29, 1.82) is 0 Å². The molecule has 2 heterocycles. The van der Waals surface area contributed by atoms with Crippen LogP contribution in [0.25, 0.3) is 10.9 Å². The Kier molecular flexibility index (Phi) is 4.51. The van der Waals surface area contributed by atoms with Gasteiger partial charge in [0.05, 0.1) is 5.52 Å². The SMILES string of the molecule is CNC1CCN(CCc2cccc3cccnc23)C(C)C1. The molecule has 2 aromatic rings. The second-order valence-corrected chi connectivity index (χ2v) is 6.14. The summed E-state index contributed by atoms with van der Waals surface area (Å²) in [5.41, 5.74) is 2.54. The lowest BCUT2D eigenvalue weighted by atomic mass is 9.97. The molecule has 112 valence electrons. The lowest BCUT2D eigenvalue weighted by molar-refractivity contribution is 0.140. The fourth-order valence-corrected chi connectivity index (χ4v) is 3.45. The van der Waals surface area contributed by atoms with E-state index in [1.54, 1.807) is 0 Å². The first kappa shape index (κ1) is 14.5. The minimum absolute atomic E-state index is 0.666. The highest BCUT2D eigenvalue weighted by atomic mass is 15.2. The third-order valence-corrected chi connectivity index (χ3v) is 4.81. The Balaban J connectivity index is 1.67. The maximum Gasteiger partial charge on any atom is 0.0734 e. The maximum atomic E-state index is 4.56. The topological polar surface area (TPSA) is 28.2 Å². The van der Waals surface area contributed by atoms with Crippen molar-refractivity contribution in [3.05, 3.63) is 42.1 Å². The Hall–Kier alpha value is -1.45. The van der Waals surface area contributed by atoms with Crippen LogP contribution in [0.15, 0.2) is 36.5 Å². The zero-order valence-electron chi connectivity index (χ0n) is 13.0. The van der Waals surface area contributed by atoms with E-state index in [1.807, 2.05) is 12.3 Å². The minimum atomic E-state index is 0.666. The van der Waals surface area contributed by atoms with E-state index in [1.165, 1.54) is 30.3 Å². The Bertz CT molecular complexity index is 591. The van der Waals surface area contributed by atoms with Gasteiger partial charge in [0.25, 0.3) is 0 Å². The van der Waals surface area contributed by atoms with Crippen molar-refractivity contribution in [1.82, 2.24) is 15.2 Å². The molecule has 0 amide bonds. The standard InChI is InChI=1S/C18H25N3/c1-14-13-17(19-2)9-12-21(14)11-8-16-6-3-5-15-7-4-10-20-18(15)16/h3-7,10,14,17,19H,8-9,11-13H2,1-2H3. The zero-order chi connectivity index (χ0) is 14.7. The fraction of sp³-hybridized carbons (Fsp3) is 0.500. The average Bonchev–Trinajstić information content (AvgIpc) is 2.53. The Labute approximate surface area is 127 Å². The summed E-state index contributed by atoms with van der Waals surface area (Å²) in [4.78, 5) is 7.18. The van der Waals surface area contributed by atoms with Crippen LogP contribution in [-0.4, -0.2) is 42.1 Å². The lowest BCUT2D eigenvalue weighted by Crippen LogP contribution is -2.47. The number of nitrogens with zero attached hydrogens (tertiary/aromatic N) is 2. The zero-order valence-corrected chi connectivity index (χ0v) is 13.0. The van der Waals surface area contributed by atoms with Crippen LogP contribution in [0.4, 0.5) is 0 Å². The van der Waals surface area contributed by atoms with Gasteiger partial charge < -0.3 is 10.2 Å². The molecule has 2 unspecified atom stereocenters. The molecule has 0 bridgehead atoms. The number of rotatable bonds is 4. The van der Waals surface area contributed by atoms with E-state index >= 15 is 0 Å². The van der Waals surface area contributed by atoms with Crippen molar-refractivity contribution < 1.29 is 0 Å². The van der Waals surface area contributed by atoms with Crippen molar-refractivity contribution >= 4 is 10.9 Å². The fourth-order valence-electron chi connectivity index (χ4n) is 3.45. The molecule has 1 aliphatic heterocycles. The Morgan fingerprint density at radius 1 is 1.29 bits per heavy atom. The molecule has 0 saturated carbocycles. The summed E-state index contributed by atoms with van der Waals surface area (Å²) in [6.45, 7) is 4.68. The number of hydrogen-bond acceptors (Lipinski definition) is 3. The van der Waals surface area contributed by atoms with E-state index < -0.39 is 0 Å². The number of para-hydroxylation sites is 1. The second kappa shape index (κ2) is 6.54. The van der Waals surface area contributed by atoms with Gasteiger partial charge in [-0.15, -0.1) is 0 Å². The van der Waals surface area contributed by atoms with Crippen LogP contribution in [0.1, 0.15) is 25.3 Å². The van der Waals surface area contributed by atoms with Crippen molar-refractivity contribution in [2.45, 2.75) is 38.3 Å². The largest absolute Gasteiger partial charge is 0.317 e. The molecule has 2 atom stereocenters. The van der Waals surface area contributed by atoms with E-state index in [9.17, 15) is 0 Å². The number of nitrogens with one attached hydrogen (secondary N) is 1. The first-order valence-electron chi connectivity index (χ1n) is 8.02. The molecule has 3 nitrogen and oxygen atoms in total. The van der Waals surface area contributed by atoms with E-state index in [0.717, 1.165) is 18.5 Å². The average molecular weight is 283 g/mol. The number of hydrogen-bond donors (Lipinski definition) is 1. The summed E-state index contributed by atoms with van der Waals surface area (Å²) >= 11 is 0. The summed E-state index contributed by atoms with van der Waals surface area (Å²) in [5, 5.41) is 4.66. The molecular formula is C18H25N3. The maximum absolute atomic E-state index is 4.56. The number of aromatic nitrogens is 1. The predicted molar refractivity (Wildman–Crippen MR) is 88.6 cm³/mol. The highest BCUT2D eigenvalue weighted by Crippen LogP contribution is 2.20. The normalized spacial score (nSPS) is 23.5. The number of piperidine rings is 1. The second-order valence-electron chi connectivity index (χ2n) is 6.14. The van der Waals surface area contributed by atoms with Gasteiger partial charge in [0.1, 0.15) is 0 Å². The first-order valence-corrected chi connectivity index (χ1v) is 8.02. The molecule has 1 N–H and O–H groups in total. The molecule has 0 radical (unpaired) electrons. The number of fused-ring (bicyclic) bond motifs is 1. The predicted octanol–water partition coefficient (Wildman–Crippen LogP) is 2.85. The van der Waals surface area contributed by atoms with Crippen molar-refractivity contribution in [2.75, 3.05) is 20.1 Å². The van der Waals surface area contributed by atoms with Gasteiger partial charge >= 0.3 is 0 Å². The van der Waals surface area contributed by atoms with Gasteiger partial charge in [-0.2, -0.15) is 0 Å². The molecule has 1 aromatic carbocycles. The van der Waals surface area contributed by atoms with Crippen LogP contribution < -0.4 is 5.32 Å². The van der Waals surface area contributed by atoms with Crippen molar-refractivity contribution in [3.8, 4) is 0 Å². The highest BCUT2D eigenvalue weighted by Gasteiger charge is 2.23. The summed E-state index contributed by atoms with van der Waals surface area (Å²) in [5.74, 6) is 0. The van der Waals surface area contributed by atoms with Crippen LogP contribution in [0.2, 0.25) is 0 Å². The Morgan fingerprint density at radius 3 is 2.95 bits per heavy atom. The third-order valence-electron chi connectivity index (χ3n) is 4.81. The van der Waals surface area contributed by atoms with Crippen molar-refractivity contribution in [3.63, 3.8) is 0 Å². The molecule has 0 spiro atoms. The van der Waals surface area contributed by atoms with Crippen LogP contribution in [-0.2, 0) is 6.42 Å². The summed E-state index contributed by atoms with van der Waals surface area (Å²) < 4.78 is 0.